The van der Waals surface area contributed by atoms with E-state index in [4.69, 9.17) is 5.11 Å². The lowest BCUT2D eigenvalue weighted by Gasteiger charge is -2.13. The van der Waals surface area contributed by atoms with Gasteiger partial charge in [-0.1, -0.05) is 6.92 Å². The lowest BCUT2D eigenvalue weighted by molar-refractivity contribution is 0.282. The third-order valence-corrected chi connectivity index (χ3v) is 7.12. The molecule has 4 nitrogen and oxygen atoms in total. The quantitative estimate of drug-likeness (QED) is 0.843. The summed E-state index contributed by atoms with van der Waals surface area (Å²) in [5, 5.41) is 11.4. The van der Waals surface area contributed by atoms with E-state index in [0.717, 1.165) is 25.0 Å². The molecule has 0 radical (unpaired) electrons. The fourth-order valence-corrected chi connectivity index (χ4v) is 6.12. The van der Waals surface area contributed by atoms with Crippen molar-refractivity contribution < 1.29 is 13.5 Å². The molecule has 0 aliphatic heterocycles. The molecule has 0 aromatic carbocycles. The molecule has 19 heavy (non-hydrogen) atoms. The third kappa shape index (κ3) is 3.72. The van der Waals surface area contributed by atoms with Crippen molar-refractivity contribution in [1.82, 2.24) is 4.72 Å². The van der Waals surface area contributed by atoms with E-state index in [-0.39, 0.29) is 17.5 Å². The lowest BCUT2D eigenvalue weighted by Crippen LogP contribution is -2.33. The summed E-state index contributed by atoms with van der Waals surface area (Å²) in [5.41, 5.74) is 0. The Morgan fingerprint density at radius 3 is 3.00 bits per heavy atom. The minimum atomic E-state index is -3.49. The van der Waals surface area contributed by atoms with Gasteiger partial charge in [0.05, 0.1) is 11.5 Å². The largest absolute Gasteiger partial charge is 0.391 e. The van der Waals surface area contributed by atoms with E-state index >= 15 is 0 Å². The monoisotopic (exact) mass is 321 g/mol. The molecule has 0 saturated heterocycles. The van der Waals surface area contributed by atoms with Gasteiger partial charge in [-0.25, -0.2) is 13.1 Å². The fourth-order valence-electron chi connectivity index (χ4n) is 2.40. The van der Waals surface area contributed by atoms with E-state index in [1.54, 1.807) is 11.4 Å². The van der Waals surface area contributed by atoms with E-state index in [0.29, 0.717) is 10.1 Å². The van der Waals surface area contributed by atoms with Gasteiger partial charge in [-0.2, -0.15) is 11.8 Å². The van der Waals surface area contributed by atoms with Crippen molar-refractivity contribution in [2.24, 2.45) is 0 Å². The highest BCUT2D eigenvalue weighted by molar-refractivity contribution is 7.99. The van der Waals surface area contributed by atoms with Crippen LogP contribution in [0.1, 0.15) is 31.1 Å². The molecular formula is C12H19NO3S3. The molecule has 1 fully saturated rings. The van der Waals surface area contributed by atoms with Crippen LogP contribution in [-0.2, 0) is 16.6 Å². The zero-order valence-corrected chi connectivity index (χ0v) is 13.3. The van der Waals surface area contributed by atoms with Crippen LogP contribution in [0.3, 0.4) is 0 Å². The van der Waals surface area contributed by atoms with Gasteiger partial charge in [-0.05, 0) is 36.5 Å². The highest BCUT2D eigenvalue weighted by Crippen LogP contribution is 2.31. The Morgan fingerprint density at radius 2 is 2.32 bits per heavy atom. The number of hydrogen-bond donors (Lipinski definition) is 2. The Bertz CT molecular complexity index is 512. The standard InChI is InChI=1S/C12H19NO3S3/c1-2-17-10-4-3-9(7-10)13-19(15,16)12-5-6-18-11(12)8-14/h5-6,9-10,13-14H,2-4,7-8H2,1H3. The van der Waals surface area contributed by atoms with Crippen molar-refractivity contribution in [3.63, 3.8) is 0 Å². The van der Waals surface area contributed by atoms with Gasteiger partial charge in [0.25, 0.3) is 0 Å². The molecule has 0 amide bonds. The molecule has 1 aromatic heterocycles. The molecule has 108 valence electrons. The topological polar surface area (TPSA) is 66.4 Å². The molecule has 1 aromatic rings. The Morgan fingerprint density at radius 1 is 1.53 bits per heavy atom. The first kappa shape index (κ1) is 15.3. The second kappa shape index (κ2) is 6.58. The summed E-state index contributed by atoms with van der Waals surface area (Å²) < 4.78 is 27.3. The Kier molecular flexibility index (Phi) is 5.30. The van der Waals surface area contributed by atoms with E-state index in [1.807, 2.05) is 11.8 Å². The van der Waals surface area contributed by atoms with Crippen LogP contribution < -0.4 is 4.72 Å². The van der Waals surface area contributed by atoms with E-state index < -0.39 is 10.0 Å². The first-order chi connectivity index (χ1) is 9.06. The third-order valence-electron chi connectivity index (χ3n) is 3.25. The molecule has 1 aliphatic rings. The zero-order chi connectivity index (χ0) is 13.9. The maximum Gasteiger partial charge on any atom is 0.242 e. The van der Waals surface area contributed by atoms with Gasteiger partial charge in [0.1, 0.15) is 0 Å². The highest BCUT2D eigenvalue weighted by Gasteiger charge is 2.29. The minimum Gasteiger partial charge on any atom is -0.391 e. The van der Waals surface area contributed by atoms with Crippen molar-refractivity contribution in [3.05, 3.63) is 16.3 Å². The summed E-state index contributed by atoms with van der Waals surface area (Å²) in [5.74, 6) is 1.07. The predicted molar refractivity (Wildman–Crippen MR) is 80.1 cm³/mol. The van der Waals surface area contributed by atoms with Crippen molar-refractivity contribution in [2.75, 3.05) is 5.75 Å². The maximum atomic E-state index is 12.3. The molecule has 1 aliphatic carbocycles. The van der Waals surface area contributed by atoms with E-state index in [1.165, 1.54) is 11.3 Å². The van der Waals surface area contributed by atoms with Crippen LogP contribution in [0.15, 0.2) is 16.3 Å². The number of thiophene rings is 1. The van der Waals surface area contributed by atoms with E-state index in [9.17, 15) is 8.42 Å². The van der Waals surface area contributed by atoms with Gasteiger partial charge >= 0.3 is 0 Å². The number of thioether (sulfide) groups is 1. The van der Waals surface area contributed by atoms with Crippen LogP contribution >= 0.6 is 23.1 Å². The first-order valence-electron chi connectivity index (χ1n) is 6.38. The Balaban J connectivity index is 2.03. The molecular weight excluding hydrogens is 302 g/mol. The number of aliphatic hydroxyl groups is 1. The average Bonchev–Trinajstić information content (AvgIpc) is 2.98. The van der Waals surface area contributed by atoms with Gasteiger partial charge in [0, 0.05) is 16.2 Å². The normalized spacial score (nSPS) is 23.9. The molecule has 0 bridgehead atoms. The minimum absolute atomic E-state index is 0.0282. The molecule has 2 rings (SSSR count). The number of aliphatic hydroxyl groups excluding tert-OH is 1. The van der Waals surface area contributed by atoms with Gasteiger partial charge in [-0.3, -0.25) is 0 Å². The summed E-state index contributed by atoms with van der Waals surface area (Å²) in [7, 11) is -3.49. The highest BCUT2D eigenvalue weighted by atomic mass is 32.2. The predicted octanol–water partition coefficient (Wildman–Crippen LogP) is 2.19. The van der Waals surface area contributed by atoms with Crippen LogP contribution in [0.2, 0.25) is 0 Å². The Hall–Kier alpha value is -0.0800. The lowest BCUT2D eigenvalue weighted by atomic mass is 10.3. The Labute approximate surface area is 122 Å². The smallest absolute Gasteiger partial charge is 0.242 e. The van der Waals surface area contributed by atoms with Crippen LogP contribution in [0.4, 0.5) is 0 Å². The van der Waals surface area contributed by atoms with Gasteiger partial charge in [0.15, 0.2) is 0 Å². The summed E-state index contributed by atoms with van der Waals surface area (Å²) in [6, 6.07) is 1.59. The summed E-state index contributed by atoms with van der Waals surface area (Å²) in [6.45, 7) is 1.90. The molecule has 1 heterocycles. The second-order valence-electron chi connectivity index (χ2n) is 4.57. The maximum absolute atomic E-state index is 12.3. The van der Waals surface area contributed by atoms with Gasteiger partial charge in [0.2, 0.25) is 10.0 Å². The van der Waals surface area contributed by atoms with Gasteiger partial charge < -0.3 is 5.11 Å². The van der Waals surface area contributed by atoms with Crippen molar-refractivity contribution in [2.45, 2.75) is 49.0 Å². The molecule has 1 saturated carbocycles. The first-order valence-corrected chi connectivity index (χ1v) is 9.79. The zero-order valence-electron chi connectivity index (χ0n) is 10.8. The van der Waals surface area contributed by atoms with Crippen molar-refractivity contribution in [1.29, 1.82) is 0 Å². The fraction of sp³-hybridized carbons (Fsp3) is 0.667. The number of rotatable bonds is 6. The van der Waals surface area contributed by atoms with Crippen LogP contribution in [0.25, 0.3) is 0 Å². The molecule has 2 N–H and O–H groups in total. The SMILES string of the molecule is CCSC1CCC(NS(=O)(=O)c2ccsc2CO)C1. The van der Waals surface area contributed by atoms with Gasteiger partial charge in [-0.15, -0.1) is 11.3 Å². The molecule has 2 unspecified atom stereocenters. The van der Waals surface area contributed by atoms with E-state index in [2.05, 4.69) is 11.6 Å². The molecule has 0 spiro atoms. The second-order valence-corrected chi connectivity index (χ2v) is 8.84. The van der Waals surface area contributed by atoms with Crippen molar-refractivity contribution in [3.8, 4) is 0 Å². The summed E-state index contributed by atoms with van der Waals surface area (Å²) >= 11 is 3.17. The average molecular weight is 321 g/mol. The number of sulfonamides is 1. The summed E-state index contributed by atoms with van der Waals surface area (Å²) in [6.07, 6.45) is 2.87. The van der Waals surface area contributed by atoms with Crippen molar-refractivity contribution >= 4 is 33.1 Å². The number of hydrogen-bond acceptors (Lipinski definition) is 5. The summed E-state index contributed by atoms with van der Waals surface area (Å²) in [4.78, 5) is 0.733. The van der Waals surface area contributed by atoms with Crippen LogP contribution in [0.5, 0.6) is 0 Å². The van der Waals surface area contributed by atoms with Crippen LogP contribution in [-0.4, -0.2) is 30.6 Å². The number of nitrogens with one attached hydrogen (secondary N) is 1. The molecule has 2 atom stereocenters. The van der Waals surface area contributed by atoms with Crippen LogP contribution in [0, 0.1) is 0 Å². The molecule has 7 heteroatoms.